The van der Waals surface area contributed by atoms with Crippen LogP contribution in [0.1, 0.15) is 24.2 Å². The molecule has 1 amide bonds. The van der Waals surface area contributed by atoms with Crippen LogP contribution in [0, 0.1) is 0 Å². The molecule has 0 fully saturated rings. The minimum absolute atomic E-state index is 0.0443. The highest BCUT2D eigenvalue weighted by Crippen LogP contribution is 2.29. The van der Waals surface area contributed by atoms with Crippen LogP contribution in [0.25, 0.3) is 0 Å². The van der Waals surface area contributed by atoms with Gasteiger partial charge in [-0.1, -0.05) is 34.8 Å². The fraction of sp³-hybridized carbons (Fsp3) is 0.357. The Bertz CT molecular complexity index is 606. The maximum absolute atomic E-state index is 11.5. The molecule has 6 nitrogen and oxygen atoms in total. The van der Waals surface area contributed by atoms with Gasteiger partial charge in [0.15, 0.2) is 17.1 Å². The molecule has 1 atom stereocenters. The Morgan fingerprint density at radius 1 is 1.21 bits per heavy atom. The second-order valence-corrected chi connectivity index (χ2v) is 7.35. The molecule has 132 valence electrons. The van der Waals surface area contributed by atoms with Gasteiger partial charge in [0.2, 0.25) is 3.79 Å². The lowest BCUT2D eigenvalue weighted by Gasteiger charge is -2.27. The number of anilines is 1. The van der Waals surface area contributed by atoms with E-state index in [-0.39, 0.29) is 17.5 Å². The summed E-state index contributed by atoms with van der Waals surface area (Å²) in [5, 5.41) is 8.00. The van der Waals surface area contributed by atoms with Crippen LogP contribution in [0.15, 0.2) is 24.3 Å². The molecule has 0 aliphatic carbocycles. The Labute approximate surface area is 160 Å². The molecule has 0 saturated carbocycles. The van der Waals surface area contributed by atoms with Gasteiger partial charge in [0, 0.05) is 11.3 Å². The summed E-state index contributed by atoms with van der Waals surface area (Å²) in [5.41, 5.74) is 1.19. The highest BCUT2D eigenvalue weighted by Gasteiger charge is 2.35. The van der Waals surface area contributed by atoms with E-state index in [4.69, 9.17) is 51.8 Å². The van der Waals surface area contributed by atoms with Crippen molar-refractivity contribution in [2.24, 2.45) is 0 Å². The molecule has 0 radical (unpaired) electrons. The van der Waals surface area contributed by atoms with Gasteiger partial charge in [-0.3, -0.25) is 10.1 Å². The molecular formula is C14H16Cl3N3O3S. The van der Waals surface area contributed by atoms with Gasteiger partial charge in [0.1, 0.15) is 0 Å². The molecule has 0 bridgehead atoms. The van der Waals surface area contributed by atoms with Crippen molar-refractivity contribution in [3.63, 3.8) is 0 Å². The summed E-state index contributed by atoms with van der Waals surface area (Å²) in [6, 6.07) is 6.65. The minimum atomic E-state index is -1.86. The van der Waals surface area contributed by atoms with E-state index in [0.29, 0.717) is 11.3 Å². The predicted octanol–water partition coefficient (Wildman–Crippen LogP) is 3.62. The SMILES string of the molecule is CCOC(=O)NC(NC(=S)Nc1ccc(C(C)=O)cc1)C(Cl)(Cl)Cl. The zero-order valence-corrected chi connectivity index (χ0v) is 15.9. The van der Waals surface area contributed by atoms with Gasteiger partial charge in [-0.05, 0) is 50.3 Å². The molecule has 1 rings (SSSR count). The molecule has 0 saturated heterocycles. The highest BCUT2D eigenvalue weighted by molar-refractivity contribution is 7.80. The van der Waals surface area contributed by atoms with Crippen molar-refractivity contribution in [2.75, 3.05) is 11.9 Å². The number of carbonyl (C=O) groups excluding carboxylic acids is 2. The lowest BCUT2D eigenvalue weighted by molar-refractivity contribution is 0.101. The van der Waals surface area contributed by atoms with Crippen molar-refractivity contribution in [2.45, 2.75) is 23.8 Å². The van der Waals surface area contributed by atoms with Gasteiger partial charge in [-0.25, -0.2) is 4.79 Å². The highest BCUT2D eigenvalue weighted by atomic mass is 35.6. The average molecular weight is 413 g/mol. The van der Waals surface area contributed by atoms with Crippen molar-refractivity contribution in [3.05, 3.63) is 29.8 Å². The van der Waals surface area contributed by atoms with Crippen LogP contribution in [0.3, 0.4) is 0 Å². The van der Waals surface area contributed by atoms with E-state index >= 15 is 0 Å². The van der Waals surface area contributed by atoms with Crippen LogP contribution < -0.4 is 16.0 Å². The first kappa shape index (κ1) is 20.8. The number of hydrogen-bond donors (Lipinski definition) is 3. The Hall–Kier alpha value is -1.28. The minimum Gasteiger partial charge on any atom is -0.450 e. The first-order valence-corrected chi connectivity index (χ1v) is 8.36. The molecule has 0 heterocycles. The van der Waals surface area contributed by atoms with Gasteiger partial charge < -0.3 is 15.4 Å². The van der Waals surface area contributed by atoms with Crippen LogP contribution in [-0.4, -0.2) is 33.6 Å². The smallest absolute Gasteiger partial charge is 0.408 e. The fourth-order valence-corrected chi connectivity index (χ4v) is 2.14. The molecule has 1 aromatic rings. The number of Topliss-reactive ketones (excluding diaryl/α,β-unsaturated/α-hetero) is 1. The summed E-state index contributed by atoms with van der Waals surface area (Å²) in [5.74, 6) is -0.0443. The summed E-state index contributed by atoms with van der Waals surface area (Å²) in [7, 11) is 0. The van der Waals surface area contributed by atoms with Crippen molar-refractivity contribution in [3.8, 4) is 0 Å². The van der Waals surface area contributed by atoms with Crippen LogP contribution in [0.5, 0.6) is 0 Å². The Kier molecular flexibility index (Phi) is 8.02. The monoisotopic (exact) mass is 411 g/mol. The number of alkyl halides is 3. The predicted molar refractivity (Wildman–Crippen MR) is 100 cm³/mol. The van der Waals surface area contributed by atoms with Gasteiger partial charge in [-0.2, -0.15) is 0 Å². The molecule has 1 unspecified atom stereocenters. The number of rotatable bonds is 5. The quantitative estimate of drug-likeness (QED) is 0.297. The summed E-state index contributed by atoms with van der Waals surface area (Å²) in [6.45, 7) is 3.29. The summed E-state index contributed by atoms with van der Waals surface area (Å²) >= 11 is 22.6. The van der Waals surface area contributed by atoms with Gasteiger partial charge in [-0.15, -0.1) is 0 Å². The van der Waals surface area contributed by atoms with E-state index in [9.17, 15) is 9.59 Å². The molecule has 0 aliphatic rings. The number of amides is 1. The number of hydrogen-bond acceptors (Lipinski definition) is 4. The summed E-state index contributed by atoms with van der Waals surface area (Å²) in [6.07, 6.45) is -1.87. The normalized spacial score (nSPS) is 12.0. The van der Waals surface area contributed by atoms with Crippen LogP contribution in [-0.2, 0) is 4.74 Å². The van der Waals surface area contributed by atoms with Crippen LogP contribution >= 0.6 is 47.0 Å². The molecule has 10 heteroatoms. The molecule has 0 aromatic heterocycles. The summed E-state index contributed by atoms with van der Waals surface area (Å²) < 4.78 is 2.88. The lowest BCUT2D eigenvalue weighted by Crippen LogP contribution is -2.56. The number of carbonyl (C=O) groups is 2. The number of halogens is 3. The topological polar surface area (TPSA) is 79.5 Å². The lowest BCUT2D eigenvalue weighted by atomic mass is 10.1. The fourth-order valence-electron chi connectivity index (χ4n) is 1.58. The third-order valence-electron chi connectivity index (χ3n) is 2.69. The van der Waals surface area contributed by atoms with E-state index < -0.39 is 16.1 Å². The van der Waals surface area contributed by atoms with Crippen LogP contribution in [0.2, 0.25) is 0 Å². The van der Waals surface area contributed by atoms with E-state index in [1.807, 2.05) is 0 Å². The van der Waals surface area contributed by atoms with E-state index in [1.165, 1.54) is 6.92 Å². The Morgan fingerprint density at radius 2 is 1.79 bits per heavy atom. The van der Waals surface area contributed by atoms with E-state index in [1.54, 1.807) is 31.2 Å². The Morgan fingerprint density at radius 3 is 2.25 bits per heavy atom. The molecular weight excluding hydrogens is 397 g/mol. The number of ether oxygens (including phenoxy) is 1. The maximum atomic E-state index is 11.5. The molecule has 1 aromatic carbocycles. The van der Waals surface area contributed by atoms with Crippen molar-refractivity contribution >= 4 is 69.7 Å². The zero-order chi connectivity index (χ0) is 18.3. The van der Waals surface area contributed by atoms with Crippen molar-refractivity contribution in [1.82, 2.24) is 10.6 Å². The first-order valence-electron chi connectivity index (χ1n) is 6.82. The maximum Gasteiger partial charge on any atom is 0.408 e. The largest absolute Gasteiger partial charge is 0.450 e. The van der Waals surface area contributed by atoms with Crippen molar-refractivity contribution in [1.29, 1.82) is 0 Å². The number of ketones is 1. The second kappa shape index (κ2) is 9.27. The second-order valence-electron chi connectivity index (χ2n) is 4.57. The molecule has 0 spiro atoms. The van der Waals surface area contributed by atoms with E-state index in [0.717, 1.165) is 0 Å². The number of alkyl carbamates (subject to hydrolysis) is 1. The standard InChI is InChI=1S/C14H16Cl3N3O3S/c1-3-23-13(22)20-11(14(15,16)17)19-12(24)18-10-6-4-9(5-7-10)8(2)21/h4-7,11H,3H2,1-2H3,(H,20,22)(H2,18,19,24). The van der Waals surface area contributed by atoms with Crippen LogP contribution in [0.4, 0.5) is 10.5 Å². The molecule has 3 N–H and O–H groups in total. The third kappa shape index (κ3) is 7.09. The summed E-state index contributed by atoms with van der Waals surface area (Å²) in [4.78, 5) is 22.7. The molecule has 0 aliphatic heterocycles. The zero-order valence-electron chi connectivity index (χ0n) is 12.9. The van der Waals surface area contributed by atoms with Gasteiger partial charge >= 0.3 is 6.09 Å². The van der Waals surface area contributed by atoms with Crippen molar-refractivity contribution < 1.29 is 14.3 Å². The average Bonchev–Trinajstić information content (AvgIpc) is 2.46. The first-order chi connectivity index (χ1) is 11.1. The van der Waals surface area contributed by atoms with Gasteiger partial charge in [0.05, 0.1) is 6.61 Å². The van der Waals surface area contributed by atoms with Gasteiger partial charge in [0.25, 0.3) is 0 Å². The Balaban J connectivity index is 2.70. The number of thiocarbonyl (C=S) groups is 1. The number of nitrogens with one attached hydrogen (secondary N) is 3. The number of benzene rings is 1. The molecule has 24 heavy (non-hydrogen) atoms. The third-order valence-corrected chi connectivity index (χ3v) is 3.56. The van der Waals surface area contributed by atoms with E-state index in [2.05, 4.69) is 16.0 Å².